The lowest BCUT2D eigenvalue weighted by Crippen LogP contribution is -2.49. The molecule has 14 heavy (non-hydrogen) atoms. The Bertz CT molecular complexity index is 292. The van der Waals surface area contributed by atoms with Crippen molar-refractivity contribution in [3.8, 4) is 0 Å². The van der Waals surface area contributed by atoms with Gasteiger partial charge in [-0.15, -0.1) is 0 Å². The maximum absolute atomic E-state index is 11.5. The summed E-state index contributed by atoms with van der Waals surface area (Å²) in [5, 5.41) is 9.93. The number of aliphatic hydroxyl groups is 1. The van der Waals surface area contributed by atoms with Crippen molar-refractivity contribution in [2.45, 2.75) is 44.4 Å². The summed E-state index contributed by atoms with van der Waals surface area (Å²) in [6, 6.07) is 0. The van der Waals surface area contributed by atoms with Crippen molar-refractivity contribution in [3.05, 3.63) is 0 Å². The maximum atomic E-state index is 11.5. The van der Waals surface area contributed by atoms with Crippen molar-refractivity contribution >= 4 is 21.4 Å². The fourth-order valence-electron chi connectivity index (χ4n) is 1.30. The molecule has 0 aromatic carbocycles. The lowest BCUT2D eigenvalue weighted by Gasteiger charge is -2.37. The maximum Gasteiger partial charge on any atom is 0.171 e. The van der Waals surface area contributed by atoms with Crippen molar-refractivity contribution < 1.29 is 13.5 Å². The van der Waals surface area contributed by atoms with Gasteiger partial charge in [0.1, 0.15) is 0 Å². The van der Waals surface area contributed by atoms with E-state index in [1.807, 2.05) is 0 Å². The van der Waals surface area contributed by atoms with Crippen LogP contribution in [0.25, 0.3) is 0 Å². The van der Waals surface area contributed by atoms with Crippen molar-refractivity contribution in [2.75, 3.05) is 6.26 Å². The molecule has 0 unspecified atom stereocenters. The molecule has 0 saturated carbocycles. The van der Waals surface area contributed by atoms with E-state index >= 15 is 0 Å². The third-order valence-electron chi connectivity index (χ3n) is 2.33. The fraction of sp³-hybridized carbons (Fsp3) is 1.00. The summed E-state index contributed by atoms with van der Waals surface area (Å²) in [5.41, 5.74) is -0.555. The SMILES string of the molecule is CC[C@](Cl)([C@H](O)C(C)(C)C)S(C)(=O)=O. The van der Waals surface area contributed by atoms with Gasteiger partial charge in [0.15, 0.2) is 14.0 Å². The highest BCUT2D eigenvalue weighted by Crippen LogP contribution is 2.38. The van der Waals surface area contributed by atoms with Gasteiger partial charge >= 0.3 is 0 Å². The summed E-state index contributed by atoms with van der Waals surface area (Å²) >= 11 is 6.00. The molecule has 0 aromatic heterocycles. The Morgan fingerprint density at radius 3 is 1.79 bits per heavy atom. The molecule has 1 N–H and O–H groups in total. The standard InChI is InChI=1S/C9H19ClO3S/c1-6-9(10,14(5,12)13)7(11)8(2,3)4/h7,11H,6H2,1-5H3/t7-,9-/m1/s1. The van der Waals surface area contributed by atoms with Gasteiger partial charge in [0.05, 0.1) is 6.10 Å². The van der Waals surface area contributed by atoms with E-state index in [2.05, 4.69) is 0 Å². The molecule has 0 fully saturated rings. The zero-order valence-electron chi connectivity index (χ0n) is 9.33. The van der Waals surface area contributed by atoms with Crippen LogP contribution in [0.4, 0.5) is 0 Å². The Balaban J connectivity index is 5.29. The van der Waals surface area contributed by atoms with Crippen molar-refractivity contribution in [1.82, 2.24) is 0 Å². The first kappa shape index (κ1) is 14.2. The van der Waals surface area contributed by atoms with Crippen molar-refractivity contribution in [1.29, 1.82) is 0 Å². The van der Waals surface area contributed by atoms with E-state index in [9.17, 15) is 13.5 Å². The van der Waals surface area contributed by atoms with Gasteiger partial charge < -0.3 is 5.11 Å². The van der Waals surface area contributed by atoms with E-state index in [0.29, 0.717) is 0 Å². The highest BCUT2D eigenvalue weighted by atomic mass is 35.5. The molecule has 0 radical (unpaired) electrons. The van der Waals surface area contributed by atoms with Crippen LogP contribution in [0.2, 0.25) is 0 Å². The summed E-state index contributed by atoms with van der Waals surface area (Å²) in [7, 11) is -3.48. The van der Waals surface area contributed by atoms with Crippen molar-refractivity contribution in [2.24, 2.45) is 5.41 Å². The summed E-state index contributed by atoms with van der Waals surface area (Å²) in [4.78, 5) is 0. The second-order valence-corrected chi connectivity index (χ2v) is 7.85. The second kappa shape index (κ2) is 3.99. The van der Waals surface area contributed by atoms with Crippen LogP contribution in [0.3, 0.4) is 0 Å². The molecule has 0 bridgehead atoms. The molecule has 0 rings (SSSR count). The Morgan fingerprint density at radius 1 is 1.36 bits per heavy atom. The third kappa shape index (κ3) is 2.61. The lowest BCUT2D eigenvalue weighted by atomic mass is 9.86. The Morgan fingerprint density at radius 2 is 1.71 bits per heavy atom. The lowest BCUT2D eigenvalue weighted by molar-refractivity contribution is 0.0469. The van der Waals surface area contributed by atoms with Crippen LogP contribution >= 0.6 is 11.6 Å². The first-order valence-electron chi connectivity index (χ1n) is 4.53. The Kier molecular flexibility index (Phi) is 4.04. The summed E-state index contributed by atoms with van der Waals surface area (Å²) < 4.78 is 21.4. The molecule has 0 aromatic rings. The van der Waals surface area contributed by atoms with Crippen LogP contribution < -0.4 is 0 Å². The molecular weight excluding hydrogens is 224 g/mol. The minimum Gasteiger partial charge on any atom is -0.390 e. The molecule has 0 aliphatic heterocycles. The highest BCUT2D eigenvalue weighted by molar-refractivity contribution is 7.93. The molecule has 2 atom stereocenters. The van der Waals surface area contributed by atoms with Crippen LogP contribution in [0.15, 0.2) is 0 Å². The first-order valence-corrected chi connectivity index (χ1v) is 6.80. The van der Waals surface area contributed by atoms with Gasteiger partial charge in [-0.1, -0.05) is 39.3 Å². The van der Waals surface area contributed by atoms with Gasteiger partial charge in [-0.05, 0) is 11.8 Å². The van der Waals surface area contributed by atoms with Crippen LogP contribution in [0.1, 0.15) is 34.1 Å². The molecule has 0 aliphatic rings. The van der Waals surface area contributed by atoms with Gasteiger partial charge in [-0.3, -0.25) is 0 Å². The van der Waals surface area contributed by atoms with Crippen LogP contribution in [-0.2, 0) is 9.84 Å². The zero-order valence-corrected chi connectivity index (χ0v) is 10.9. The molecule has 0 amide bonds. The molecular formula is C9H19ClO3S. The van der Waals surface area contributed by atoms with Crippen LogP contribution in [0, 0.1) is 5.41 Å². The zero-order chi connectivity index (χ0) is 11.8. The van der Waals surface area contributed by atoms with Gasteiger partial charge in [0, 0.05) is 6.26 Å². The highest BCUT2D eigenvalue weighted by Gasteiger charge is 2.48. The molecule has 5 heteroatoms. The Hall–Kier alpha value is 0.200. The largest absolute Gasteiger partial charge is 0.390 e. The second-order valence-electron chi connectivity index (χ2n) is 4.68. The van der Waals surface area contributed by atoms with E-state index in [0.717, 1.165) is 6.26 Å². The van der Waals surface area contributed by atoms with Gasteiger partial charge in [-0.25, -0.2) is 8.42 Å². The van der Waals surface area contributed by atoms with E-state index < -0.39 is 25.6 Å². The summed E-state index contributed by atoms with van der Waals surface area (Å²) in [6.45, 7) is 6.93. The number of hydrogen-bond acceptors (Lipinski definition) is 3. The summed E-state index contributed by atoms with van der Waals surface area (Å²) in [6.07, 6.45) is 0.154. The van der Waals surface area contributed by atoms with Gasteiger partial charge in [-0.2, -0.15) is 0 Å². The molecule has 86 valence electrons. The van der Waals surface area contributed by atoms with Gasteiger partial charge in [0.25, 0.3) is 0 Å². The first-order chi connectivity index (χ1) is 5.97. The number of sulfone groups is 1. The molecule has 0 spiro atoms. The smallest absolute Gasteiger partial charge is 0.171 e. The van der Waals surface area contributed by atoms with E-state index in [-0.39, 0.29) is 6.42 Å². The average Bonchev–Trinajstić information content (AvgIpc) is 1.97. The minimum atomic E-state index is -3.48. The van der Waals surface area contributed by atoms with Crippen LogP contribution in [-0.4, -0.2) is 30.1 Å². The van der Waals surface area contributed by atoms with E-state index in [1.54, 1.807) is 27.7 Å². The molecule has 0 saturated heterocycles. The number of rotatable bonds is 3. The van der Waals surface area contributed by atoms with Crippen LogP contribution in [0.5, 0.6) is 0 Å². The average molecular weight is 243 g/mol. The van der Waals surface area contributed by atoms with Crippen molar-refractivity contribution in [3.63, 3.8) is 0 Å². The Labute approximate surface area is 91.4 Å². The molecule has 0 heterocycles. The minimum absolute atomic E-state index is 0.186. The third-order valence-corrected chi connectivity index (χ3v) is 5.39. The predicted octanol–water partition coefficient (Wildman–Crippen LogP) is 1.78. The normalized spacial score (nSPS) is 20.2. The van der Waals surface area contributed by atoms with Gasteiger partial charge in [0.2, 0.25) is 0 Å². The molecule has 3 nitrogen and oxygen atoms in total. The number of alkyl halides is 1. The number of hydrogen-bond donors (Lipinski definition) is 1. The number of aliphatic hydroxyl groups excluding tert-OH is 1. The van der Waals surface area contributed by atoms with E-state index in [4.69, 9.17) is 11.6 Å². The number of halogens is 1. The molecule has 0 aliphatic carbocycles. The summed E-state index contributed by atoms with van der Waals surface area (Å²) in [5.74, 6) is 0. The fourth-order valence-corrected chi connectivity index (χ4v) is 2.92. The monoisotopic (exact) mass is 242 g/mol. The quantitative estimate of drug-likeness (QED) is 0.768. The van der Waals surface area contributed by atoms with E-state index in [1.165, 1.54) is 0 Å². The topological polar surface area (TPSA) is 54.4 Å². The predicted molar refractivity (Wildman–Crippen MR) is 59.2 cm³/mol.